The normalized spacial score (nSPS) is 29.1. The first-order chi connectivity index (χ1) is 6.57. The molecule has 0 radical (unpaired) electrons. The summed E-state index contributed by atoms with van der Waals surface area (Å²) in [6.45, 7) is 0. The number of nitrogens with zero attached hydrogens (tertiary/aromatic N) is 1. The third kappa shape index (κ3) is 2.42. The van der Waals surface area contributed by atoms with Gasteiger partial charge in [-0.05, 0) is 25.7 Å². The van der Waals surface area contributed by atoms with Crippen LogP contribution in [-0.2, 0) is 0 Å². The monoisotopic (exact) mass is 202 g/mol. The summed E-state index contributed by atoms with van der Waals surface area (Å²) in [7, 11) is 0. The van der Waals surface area contributed by atoms with E-state index in [0.29, 0.717) is 24.6 Å². The molecule has 2 saturated carbocycles. The molecule has 0 saturated heterocycles. The Kier molecular flexibility index (Phi) is 2.45. The molecular weight excluding hydrogens is 186 g/mol. The van der Waals surface area contributed by atoms with E-state index in [2.05, 4.69) is 4.99 Å². The Morgan fingerprint density at radius 3 is 2.21 bits per heavy atom. The Hall–Kier alpha value is -0.670. The van der Waals surface area contributed by atoms with E-state index < -0.39 is 5.92 Å². The highest BCUT2D eigenvalue weighted by molar-refractivity contribution is 5.85. The lowest BCUT2D eigenvalue weighted by atomic mass is 9.92. The molecule has 0 atom stereocenters. The maximum absolute atomic E-state index is 12.8. The van der Waals surface area contributed by atoms with E-state index in [1.807, 2.05) is 0 Å². The molecule has 2 nitrogen and oxygen atoms in total. The maximum Gasteiger partial charge on any atom is 0.248 e. The van der Waals surface area contributed by atoms with Gasteiger partial charge in [-0.1, -0.05) is 0 Å². The molecule has 0 bridgehead atoms. The van der Waals surface area contributed by atoms with Crippen LogP contribution in [0.1, 0.15) is 38.5 Å². The van der Waals surface area contributed by atoms with Crippen molar-refractivity contribution in [3.63, 3.8) is 0 Å². The third-order valence-electron chi connectivity index (χ3n) is 3.01. The lowest BCUT2D eigenvalue weighted by molar-refractivity contribution is -0.0373. The second-order valence-electron chi connectivity index (χ2n) is 4.42. The molecule has 2 aliphatic carbocycles. The molecule has 0 heterocycles. The standard InChI is InChI=1S/C10H16F2N2/c11-10(12)5-3-8(4-6-10)14-9(13)7-1-2-7/h7-8H,1-6H2,(H2,13,14). The van der Waals surface area contributed by atoms with Gasteiger partial charge in [-0.2, -0.15) is 0 Å². The first-order valence-corrected chi connectivity index (χ1v) is 5.28. The van der Waals surface area contributed by atoms with Crippen molar-refractivity contribution in [2.75, 3.05) is 0 Å². The third-order valence-corrected chi connectivity index (χ3v) is 3.01. The highest BCUT2D eigenvalue weighted by Gasteiger charge is 2.35. The summed E-state index contributed by atoms with van der Waals surface area (Å²) in [5, 5.41) is 0. The highest BCUT2D eigenvalue weighted by atomic mass is 19.3. The predicted molar refractivity (Wildman–Crippen MR) is 51.5 cm³/mol. The molecule has 0 amide bonds. The molecule has 2 rings (SSSR count). The largest absolute Gasteiger partial charge is 0.387 e. The van der Waals surface area contributed by atoms with Gasteiger partial charge < -0.3 is 5.73 Å². The number of hydrogen-bond donors (Lipinski definition) is 1. The molecule has 0 spiro atoms. The molecule has 0 aromatic heterocycles. The number of rotatable bonds is 2. The fraction of sp³-hybridized carbons (Fsp3) is 0.900. The zero-order valence-corrected chi connectivity index (χ0v) is 8.18. The average Bonchev–Trinajstić information content (AvgIpc) is 2.91. The summed E-state index contributed by atoms with van der Waals surface area (Å²) < 4.78 is 25.6. The molecule has 0 unspecified atom stereocenters. The second kappa shape index (κ2) is 3.48. The smallest absolute Gasteiger partial charge is 0.248 e. The van der Waals surface area contributed by atoms with E-state index in [1.165, 1.54) is 0 Å². The van der Waals surface area contributed by atoms with Crippen molar-refractivity contribution in [3.8, 4) is 0 Å². The van der Waals surface area contributed by atoms with Crippen molar-refractivity contribution in [3.05, 3.63) is 0 Å². The van der Waals surface area contributed by atoms with E-state index in [0.717, 1.165) is 12.8 Å². The number of alkyl halides is 2. The molecule has 2 N–H and O–H groups in total. The van der Waals surface area contributed by atoms with Gasteiger partial charge in [0.05, 0.1) is 11.9 Å². The Bertz CT molecular complexity index is 237. The van der Waals surface area contributed by atoms with Crippen LogP contribution in [0.25, 0.3) is 0 Å². The summed E-state index contributed by atoms with van der Waals surface area (Å²) in [4.78, 5) is 4.32. The SMILES string of the molecule is NC(=NC1CCC(F)(F)CC1)C1CC1. The lowest BCUT2D eigenvalue weighted by Gasteiger charge is -2.26. The van der Waals surface area contributed by atoms with Gasteiger partial charge in [-0.3, -0.25) is 4.99 Å². The summed E-state index contributed by atoms with van der Waals surface area (Å²) in [5.74, 6) is -1.31. The minimum Gasteiger partial charge on any atom is -0.387 e. The van der Waals surface area contributed by atoms with Gasteiger partial charge >= 0.3 is 0 Å². The molecule has 2 aliphatic rings. The molecule has 2 fully saturated rings. The van der Waals surface area contributed by atoms with Crippen molar-refractivity contribution in [1.29, 1.82) is 0 Å². The molecule has 80 valence electrons. The van der Waals surface area contributed by atoms with Crippen LogP contribution in [0.5, 0.6) is 0 Å². The summed E-state index contributed by atoms with van der Waals surface area (Å²) >= 11 is 0. The molecular formula is C10H16F2N2. The van der Waals surface area contributed by atoms with Gasteiger partial charge in [0.15, 0.2) is 0 Å². The van der Waals surface area contributed by atoms with Gasteiger partial charge in [-0.15, -0.1) is 0 Å². The number of nitrogens with two attached hydrogens (primary N) is 1. The van der Waals surface area contributed by atoms with Crippen LogP contribution in [0.2, 0.25) is 0 Å². The van der Waals surface area contributed by atoms with Gasteiger partial charge in [0.2, 0.25) is 5.92 Å². The molecule has 0 aromatic carbocycles. The highest BCUT2D eigenvalue weighted by Crippen LogP contribution is 2.35. The topological polar surface area (TPSA) is 38.4 Å². The van der Waals surface area contributed by atoms with E-state index in [9.17, 15) is 8.78 Å². The second-order valence-corrected chi connectivity index (χ2v) is 4.42. The van der Waals surface area contributed by atoms with Crippen molar-refractivity contribution in [2.24, 2.45) is 16.6 Å². The van der Waals surface area contributed by atoms with E-state index >= 15 is 0 Å². The Morgan fingerprint density at radius 2 is 1.71 bits per heavy atom. The Labute approximate surface area is 82.6 Å². The van der Waals surface area contributed by atoms with Crippen molar-refractivity contribution < 1.29 is 8.78 Å². The van der Waals surface area contributed by atoms with Crippen LogP contribution < -0.4 is 5.73 Å². The minimum atomic E-state index is -2.46. The van der Waals surface area contributed by atoms with Gasteiger partial charge in [0.25, 0.3) is 0 Å². The fourth-order valence-corrected chi connectivity index (χ4v) is 1.85. The van der Waals surface area contributed by atoms with Crippen LogP contribution in [0.4, 0.5) is 8.78 Å². The lowest BCUT2D eigenvalue weighted by Crippen LogP contribution is -2.28. The van der Waals surface area contributed by atoms with Crippen LogP contribution in [0.15, 0.2) is 4.99 Å². The summed E-state index contributed by atoms with van der Waals surface area (Å²) in [5.41, 5.74) is 5.74. The molecule has 14 heavy (non-hydrogen) atoms. The molecule has 0 aliphatic heterocycles. The Balaban J connectivity index is 1.86. The number of amidine groups is 1. The average molecular weight is 202 g/mol. The zero-order chi connectivity index (χ0) is 10.2. The van der Waals surface area contributed by atoms with Crippen molar-refractivity contribution in [1.82, 2.24) is 0 Å². The maximum atomic E-state index is 12.8. The number of hydrogen-bond acceptors (Lipinski definition) is 1. The number of aliphatic imine (C=N–C) groups is 1. The first-order valence-electron chi connectivity index (χ1n) is 5.28. The predicted octanol–water partition coefficient (Wildman–Crippen LogP) is 2.33. The van der Waals surface area contributed by atoms with Crippen LogP contribution in [-0.4, -0.2) is 17.8 Å². The van der Waals surface area contributed by atoms with Crippen molar-refractivity contribution >= 4 is 5.84 Å². The van der Waals surface area contributed by atoms with Crippen LogP contribution >= 0.6 is 0 Å². The summed E-state index contributed by atoms with van der Waals surface area (Å²) in [6, 6.07) is 0.0511. The van der Waals surface area contributed by atoms with Crippen molar-refractivity contribution in [2.45, 2.75) is 50.5 Å². The first kappa shape index (κ1) is 9.87. The van der Waals surface area contributed by atoms with Gasteiger partial charge in [0.1, 0.15) is 0 Å². The van der Waals surface area contributed by atoms with Gasteiger partial charge in [0, 0.05) is 18.8 Å². The van der Waals surface area contributed by atoms with Gasteiger partial charge in [-0.25, -0.2) is 8.78 Å². The fourth-order valence-electron chi connectivity index (χ4n) is 1.85. The summed E-state index contributed by atoms with van der Waals surface area (Å²) in [6.07, 6.45) is 3.16. The quantitative estimate of drug-likeness (QED) is 0.541. The van der Waals surface area contributed by atoms with Crippen LogP contribution in [0, 0.1) is 5.92 Å². The zero-order valence-electron chi connectivity index (χ0n) is 8.18. The van der Waals surface area contributed by atoms with E-state index in [1.54, 1.807) is 0 Å². The molecule has 0 aromatic rings. The Morgan fingerprint density at radius 1 is 1.14 bits per heavy atom. The van der Waals surface area contributed by atoms with E-state index in [-0.39, 0.29) is 18.9 Å². The molecule has 4 heteroatoms. The number of halogens is 2. The van der Waals surface area contributed by atoms with E-state index in [4.69, 9.17) is 5.73 Å². The van der Waals surface area contributed by atoms with Crippen LogP contribution in [0.3, 0.4) is 0 Å². The minimum absolute atomic E-state index is 0.0287.